The molecule has 0 saturated heterocycles. The van der Waals surface area contributed by atoms with Crippen LogP contribution in [0.2, 0.25) is 0 Å². The summed E-state index contributed by atoms with van der Waals surface area (Å²) in [5.74, 6) is 0.431. The van der Waals surface area contributed by atoms with Crippen LogP contribution in [0.3, 0.4) is 0 Å². The van der Waals surface area contributed by atoms with Crippen molar-refractivity contribution in [3.8, 4) is 0 Å². The molecular formula is C15H25NO3S. The van der Waals surface area contributed by atoms with Crippen LogP contribution in [0.15, 0.2) is 24.3 Å². The lowest BCUT2D eigenvalue weighted by atomic mass is 10.1. The molecule has 0 fully saturated rings. The highest BCUT2D eigenvalue weighted by Crippen LogP contribution is 2.17. The van der Waals surface area contributed by atoms with Crippen LogP contribution < -0.4 is 0 Å². The molecule has 0 aliphatic rings. The highest BCUT2D eigenvalue weighted by Gasteiger charge is 2.24. The summed E-state index contributed by atoms with van der Waals surface area (Å²) in [6, 6.07) is 7.05. The van der Waals surface area contributed by atoms with Gasteiger partial charge in [0, 0.05) is 13.1 Å². The molecule has 20 heavy (non-hydrogen) atoms. The summed E-state index contributed by atoms with van der Waals surface area (Å²) >= 11 is 0. The number of benzene rings is 1. The number of aliphatic hydroxyl groups excluding tert-OH is 1. The van der Waals surface area contributed by atoms with Crippen LogP contribution in [0.25, 0.3) is 0 Å². The zero-order valence-electron chi connectivity index (χ0n) is 12.7. The van der Waals surface area contributed by atoms with Crippen molar-refractivity contribution in [2.24, 2.45) is 5.92 Å². The number of hydrogen-bond donors (Lipinski definition) is 1. The molecule has 1 N–H and O–H groups in total. The Balaban J connectivity index is 2.83. The number of rotatable bonds is 7. The summed E-state index contributed by atoms with van der Waals surface area (Å²) in [6.07, 6.45) is 0.840. The van der Waals surface area contributed by atoms with E-state index in [0.717, 1.165) is 12.0 Å². The van der Waals surface area contributed by atoms with Gasteiger partial charge in [-0.1, -0.05) is 38.1 Å². The van der Waals surface area contributed by atoms with E-state index in [2.05, 4.69) is 13.8 Å². The lowest BCUT2D eigenvalue weighted by Gasteiger charge is -2.25. The van der Waals surface area contributed by atoms with E-state index >= 15 is 0 Å². The summed E-state index contributed by atoms with van der Waals surface area (Å²) in [5.41, 5.74) is 1.44. The Hall–Kier alpha value is -0.910. The average Bonchev–Trinajstić information content (AvgIpc) is 2.36. The Labute approximate surface area is 122 Å². The third-order valence-corrected chi connectivity index (χ3v) is 5.33. The number of nitrogens with zero attached hydrogens (tertiary/aromatic N) is 1. The van der Waals surface area contributed by atoms with Gasteiger partial charge in [0.25, 0.3) is 0 Å². The van der Waals surface area contributed by atoms with Crippen LogP contribution in [0.4, 0.5) is 0 Å². The molecule has 0 aliphatic carbocycles. The minimum absolute atomic E-state index is 0.0129. The summed E-state index contributed by atoms with van der Waals surface area (Å²) < 4.78 is 26.2. The molecule has 114 valence electrons. The van der Waals surface area contributed by atoms with Gasteiger partial charge in [-0.2, -0.15) is 0 Å². The van der Waals surface area contributed by atoms with Gasteiger partial charge in [0.05, 0.1) is 12.4 Å². The first-order valence-corrected chi connectivity index (χ1v) is 8.51. The molecule has 0 aromatic heterocycles. The Kier molecular flexibility index (Phi) is 6.17. The first kappa shape index (κ1) is 17.1. The second-order valence-electron chi connectivity index (χ2n) is 5.73. The van der Waals surface area contributed by atoms with Gasteiger partial charge in [0.15, 0.2) is 0 Å². The van der Waals surface area contributed by atoms with Gasteiger partial charge in [-0.25, -0.2) is 12.7 Å². The van der Waals surface area contributed by atoms with E-state index in [1.165, 1.54) is 4.31 Å². The van der Waals surface area contributed by atoms with Crippen molar-refractivity contribution in [3.63, 3.8) is 0 Å². The van der Waals surface area contributed by atoms with Crippen LogP contribution in [-0.2, 0) is 22.4 Å². The van der Waals surface area contributed by atoms with E-state index in [0.29, 0.717) is 11.5 Å². The molecule has 0 saturated carbocycles. The van der Waals surface area contributed by atoms with E-state index in [-0.39, 0.29) is 18.4 Å². The van der Waals surface area contributed by atoms with Crippen LogP contribution in [0.5, 0.6) is 0 Å². The summed E-state index contributed by atoms with van der Waals surface area (Å²) in [7, 11) is -1.69. The first-order valence-electron chi connectivity index (χ1n) is 6.90. The molecule has 0 bridgehead atoms. The highest BCUT2D eigenvalue weighted by molar-refractivity contribution is 7.88. The van der Waals surface area contributed by atoms with Crippen LogP contribution in [-0.4, -0.2) is 30.9 Å². The normalized spacial score (nSPS) is 13.9. The second-order valence-corrected chi connectivity index (χ2v) is 7.76. The molecule has 1 unspecified atom stereocenters. The van der Waals surface area contributed by atoms with Gasteiger partial charge in [0.2, 0.25) is 10.0 Å². The Morgan fingerprint density at radius 3 is 2.35 bits per heavy atom. The summed E-state index contributed by atoms with van der Waals surface area (Å²) in [5, 5.41) is 9.10. The first-order chi connectivity index (χ1) is 9.26. The molecule has 1 atom stereocenters. The maximum absolute atomic E-state index is 12.4. The molecule has 0 aliphatic heterocycles. The molecule has 0 spiro atoms. The molecule has 0 radical (unpaired) electrons. The molecule has 1 aromatic rings. The van der Waals surface area contributed by atoms with E-state index in [1.54, 1.807) is 31.3 Å². The van der Waals surface area contributed by atoms with E-state index in [4.69, 9.17) is 5.11 Å². The quantitative estimate of drug-likeness (QED) is 0.841. The fourth-order valence-electron chi connectivity index (χ4n) is 2.24. The van der Waals surface area contributed by atoms with Crippen LogP contribution in [0.1, 0.15) is 38.3 Å². The van der Waals surface area contributed by atoms with Crippen molar-refractivity contribution in [2.75, 3.05) is 7.05 Å². The van der Waals surface area contributed by atoms with Gasteiger partial charge >= 0.3 is 0 Å². The van der Waals surface area contributed by atoms with Crippen molar-refractivity contribution in [2.45, 2.75) is 45.6 Å². The van der Waals surface area contributed by atoms with Gasteiger partial charge in [0.1, 0.15) is 0 Å². The molecular weight excluding hydrogens is 274 g/mol. The third kappa shape index (κ3) is 4.89. The maximum Gasteiger partial charge on any atom is 0.218 e. The van der Waals surface area contributed by atoms with Gasteiger partial charge in [-0.3, -0.25) is 0 Å². The molecule has 1 aromatic carbocycles. The summed E-state index contributed by atoms with van der Waals surface area (Å²) in [4.78, 5) is 0. The van der Waals surface area contributed by atoms with Gasteiger partial charge < -0.3 is 5.11 Å². The topological polar surface area (TPSA) is 57.6 Å². The monoisotopic (exact) mass is 299 g/mol. The zero-order chi connectivity index (χ0) is 15.3. The number of aliphatic hydroxyl groups is 1. The fraction of sp³-hybridized carbons (Fsp3) is 0.600. The minimum Gasteiger partial charge on any atom is -0.392 e. The molecule has 5 heteroatoms. The number of hydrogen-bond acceptors (Lipinski definition) is 3. The van der Waals surface area contributed by atoms with E-state index in [1.807, 2.05) is 6.92 Å². The average molecular weight is 299 g/mol. The zero-order valence-corrected chi connectivity index (χ0v) is 13.5. The molecule has 0 amide bonds. The van der Waals surface area contributed by atoms with E-state index < -0.39 is 10.0 Å². The van der Waals surface area contributed by atoms with Crippen molar-refractivity contribution < 1.29 is 13.5 Å². The number of sulfonamides is 1. The Morgan fingerprint density at radius 1 is 1.20 bits per heavy atom. The highest BCUT2D eigenvalue weighted by atomic mass is 32.2. The van der Waals surface area contributed by atoms with Crippen LogP contribution in [0, 0.1) is 5.92 Å². The van der Waals surface area contributed by atoms with Crippen molar-refractivity contribution in [3.05, 3.63) is 35.4 Å². The lowest BCUT2D eigenvalue weighted by molar-refractivity contribution is 0.281. The standard InChI is InChI=1S/C15H25NO3S/c1-12(2)8-13(3)16(4)20(18,19)11-15-7-5-6-14(9-15)10-17/h5-7,9,12-13,17H,8,10-11H2,1-4H3. The SMILES string of the molecule is CC(C)CC(C)N(C)S(=O)(=O)Cc1cccc(CO)c1. The molecule has 4 nitrogen and oxygen atoms in total. The van der Waals surface area contributed by atoms with Crippen molar-refractivity contribution in [1.29, 1.82) is 0 Å². The van der Waals surface area contributed by atoms with Gasteiger partial charge in [-0.05, 0) is 30.4 Å². The third-order valence-electron chi connectivity index (χ3n) is 3.40. The predicted molar refractivity (Wildman–Crippen MR) is 81.7 cm³/mol. The minimum atomic E-state index is -3.33. The Bertz CT molecular complexity index is 526. The van der Waals surface area contributed by atoms with Gasteiger partial charge in [-0.15, -0.1) is 0 Å². The second kappa shape index (κ2) is 7.20. The molecule has 1 rings (SSSR count). The van der Waals surface area contributed by atoms with Crippen molar-refractivity contribution in [1.82, 2.24) is 4.31 Å². The maximum atomic E-state index is 12.4. The summed E-state index contributed by atoms with van der Waals surface area (Å²) in [6.45, 7) is 6.03. The predicted octanol–water partition coefficient (Wildman–Crippen LogP) is 2.38. The van der Waals surface area contributed by atoms with E-state index in [9.17, 15) is 8.42 Å². The largest absolute Gasteiger partial charge is 0.392 e. The van der Waals surface area contributed by atoms with Crippen molar-refractivity contribution >= 4 is 10.0 Å². The smallest absolute Gasteiger partial charge is 0.218 e. The fourth-order valence-corrected chi connectivity index (χ4v) is 3.67. The molecule has 0 heterocycles. The Morgan fingerprint density at radius 2 is 1.80 bits per heavy atom. The van der Waals surface area contributed by atoms with Crippen LogP contribution >= 0.6 is 0 Å². The lowest BCUT2D eigenvalue weighted by Crippen LogP contribution is -2.36.